The highest BCUT2D eigenvalue weighted by molar-refractivity contribution is 7.92. The number of ether oxygens (including phenoxy) is 1. The lowest BCUT2D eigenvalue weighted by molar-refractivity contribution is 0.155. The van der Waals surface area contributed by atoms with E-state index in [4.69, 9.17) is 4.74 Å². The van der Waals surface area contributed by atoms with Crippen LogP contribution in [-0.4, -0.2) is 20.3 Å². The molecule has 1 fully saturated rings. The average molecular weight is 372 g/mol. The number of nitrogens with one attached hydrogen (secondary N) is 1. The maximum atomic E-state index is 12.0. The van der Waals surface area contributed by atoms with E-state index in [1.165, 1.54) is 19.3 Å². The van der Waals surface area contributed by atoms with Crippen LogP contribution in [0.1, 0.15) is 43.2 Å². The lowest BCUT2D eigenvalue weighted by atomic mass is 9.96. The van der Waals surface area contributed by atoms with Gasteiger partial charge in [0.05, 0.1) is 17.5 Å². The normalized spacial score (nSPS) is 19.4. The molecular weight excluding hydrogens is 346 g/mol. The van der Waals surface area contributed by atoms with E-state index in [2.05, 4.69) is 10.8 Å². The smallest absolute Gasteiger partial charge is 0.233 e. The van der Waals surface area contributed by atoms with Crippen LogP contribution in [-0.2, 0) is 16.4 Å². The molecule has 5 heteroatoms. The SMILES string of the molecule is Cc1cc2c(c(-c3ccc(OC4CCCCC4)cc3)c1)NS(=O)(=O)CC2. The van der Waals surface area contributed by atoms with Crippen molar-refractivity contribution in [1.29, 1.82) is 0 Å². The standard InChI is InChI=1S/C21H25NO3S/c1-15-13-17-11-12-26(23,24)22-21(17)20(14-15)16-7-9-19(10-8-16)25-18-5-3-2-4-6-18/h7-10,13-14,18,22H,2-6,11-12H2,1H3. The summed E-state index contributed by atoms with van der Waals surface area (Å²) in [6.07, 6.45) is 6.96. The summed E-state index contributed by atoms with van der Waals surface area (Å²) in [5.74, 6) is 1.04. The first-order valence-electron chi connectivity index (χ1n) is 9.41. The van der Waals surface area contributed by atoms with Crippen molar-refractivity contribution in [1.82, 2.24) is 0 Å². The van der Waals surface area contributed by atoms with Crippen LogP contribution in [0.5, 0.6) is 5.75 Å². The molecule has 1 N–H and O–H groups in total. The second-order valence-corrected chi connectivity index (χ2v) is 9.26. The molecule has 0 spiro atoms. The molecule has 1 aliphatic carbocycles. The Bertz CT molecular complexity index is 898. The monoisotopic (exact) mass is 371 g/mol. The summed E-state index contributed by atoms with van der Waals surface area (Å²) in [4.78, 5) is 0. The summed E-state index contributed by atoms with van der Waals surface area (Å²) in [6.45, 7) is 2.05. The van der Waals surface area contributed by atoms with Crippen molar-refractivity contribution in [3.05, 3.63) is 47.5 Å². The number of anilines is 1. The fourth-order valence-corrected chi connectivity index (χ4v) is 5.09. The van der Waals surface area contributed by atoms with Crippen LogP contribution < -0.4 is 9.46 Å². The van der Waals surface area contributed by atoms with Crippen molar-refractivity contribution in [2.75, 3.05) is 10.5 Å². The van der Waals surface area contributed by atoms with E-state index in [0.717, 1.165) is 46.5 Å². The fraction of sp³-hybridized carbons (Fsp3) is 0.429. The molecule has 0 saturated heterocycles. The van der Waals surface area contributed by atoms with E-state index in [0.29, 0.717) is 12.5 Å². The van der Waals surface area contributed by atoms with Crippen LogP contribution in [0.4, 0.5) is 5.69 Å². The minimum atomic E-state index is -3.24. The highest BCUT2D eigenvalue weighted by atomic mass is 32.2. The van der Waals surface area contributed by atoms with Crippen LogP contribution in [0.25, 0.3) is 11.1 Å². The van der Waals surface area contributed by atoms with E-state index in [1.807, 2.05) is 37.3 Å². The summed E-state index contributed by atoms with van der Waals surface area (Å²) in [5, 5.41) is 0. The van der Waals surface area contributed by atoms with Gasteiger partial charge in [0.2, 0.25) is 10.0 Å². The Morgan fingerprint density at radius 2 is 1.77 bits per heavy atom. The van der Waals surface area contributed by atoms with E-state index >= 15 is 0 Å². The van der Waals surface area contributed by atoms with Crippen molar-refractivity contribution in [3.8, 4) is 16.9 Å². The van der Waals surface area contributed by atoms with Crippen molar-refractivity contribution >= 4 is 15.7 Å². The van der Waals surface area contributed by atoms with E-state index in [1.54, 1.807) is 0 Å². The highest BCUT2D eigenvalue weighted by Crippen LogP contribution is 2.36. The summed E-state index contributed by atoms with van der Waals surface area (Å²) < 4.78 is 32.9. The number of aryl methyl sites for hydroxylation is 2. The molecule has 1 saturated carbocycles. The molecule has 0 unspecified atom stereocenters. The van der Waals surface area contributed by atoms with Crippen LogP contribution in [0, 0.1) is 6.92 Å². The molecule has 1 aliphatic heterocycles. The Labute approximate surface area is 155 Å². The first-order valence-corrected chi connectivity index (χ1v) is 11.1. The van der Waals surface area contributed by atoms with Crippen molar-refractivity contribution < 1.29 is 13.2 Å². The summed E-state index contributed by atoms with van der Waals surface area (Å²) in [5.41, 5.74) is 4.88. The van der Waals surface area contributed by atoms with E-state index in [-0.39, 0.29) is 5.75 Å². The van der Waals surface area contributed by atoms with Gasteiger partial charge in [-0.1, -0.05) is 30.2 Å². The Balaban J connectivity index is 1.62. The third-order valence-electron chi connectivity index (χ3n) is 5.28. The van der Waals surface area contributed by atoms with Crippen molar-refractivity contribution in [2.45, 2.75) is 51.6 Å². The van der Waals surface area contributed by atoms with Crippen molar-refractivity contribution in [2.24, 2.45) is 0 Å². The zero-order chi connectivity index (χ0) is 18.1. The lowest BCUT2D eigenvalue weighted by Gasteiger charge is -2.24. The van der Waals surface area contributed by atoms with Crippen LogP contribution in [0.15, 0.2) is 36.4 Å². The number of rotatable bonds is 3. The Morgan fingerprint density at radius 3 is 2.50 bits per heavy atom. The molecular formula is C21H25NO3S. The molecule has 4 nitrogen and oxygen atoms in total. The van der Waals surface area contributed by atoms with Gasteiger partial charge in [-0.3, -0.25) is 4.72 Å². The molecule has 0 aromatic heterocycles. The molecule has 0 radical (unpaired) electrons. The number of benzene rings is 2. The molecule has 26 heavy (non-hydrogen) atoms. The molecule has 0 bridgehead atoms. The quantitative estimate of drug-likeness (QED) is 0.853. The highest BCUT2D eigenvalue weighted by Gasteiger charge is 2.23. The summed E-state index contributed by atoms with van der Waals surface area (Å²) in [7, 11) is -3.24. The zero-order valence-electron chi connectivity index (χ0n) is 15.1. The van der Waals surface area contributed by atoms with Crippen LogP contribution in [0.3, 0.4) is 0 Å². The molecule has 2 aromatic carbocycles. The Kier molecular flexibility index (Phi) is 4.65. The van der Waals surface area contributed by atoms with E-state index in [9.17, 15) is 8.42 Å². The van der Waals surface area contributed by atoms with Gasteiger partial charge in [0, 0.05) is 5.56 Å². The number of fused-ring (bicyclic) bond motifs is 1. The molecule has 0 amide bonds. The predicted octanol–water partition coefficient (Wildman–Crippen LogP) is 4.67. The van der Waals surface area contributed by atoms with Gasteiger partial charge >= 0.3 is 0 Å². The van der Waals surface area contributed by atoms with Gasteiger partial charge in [0.15, 0.2) is 0 Å². The molecule has 2 aliphatic rings. The first kappa shape index (κ1) is 17.4. The number of hydrogen-bond donors (Lipinski definition) is 1. The maximum absolute atomic E-state index is 12.0. The predicted molar refractivity (Wildman–Crippen MR) is 105 cm³/mol. The third kappa shape index (κ3) is 3.73. The van der Waals surface area contributed by atoms with Gasteiger partial charge in [-0.15, -0.1) is 0 Å². The van der Waals surface area contributed by atoms with Gasteiger partial charge in [-0.25, -0.2) is 8.42 Å². The topological polar surface area (TPSA) is 55.4 Å². The van der Waals surface area contributed by atoms with E-state index < -0.39 is 10.0 Å². The minimum Gasteiger partial charge on any atom is -0.490 e. The zero-order valence-corrected chi connectivity index (χ0v) is 15.9. The second kappa shape index (κ2) is 6.95. The molecule has 4 rings (SSSR count). The van der Waals surface area contributed by atoms with Gasteiger partial charge < -0.3 is 4.74 Å². The molecule has 2 aromatic rings. The van der Waals surface area contributed by atoms with Gasteiger partial charge in [0.1, 0.15) is 5.75 Å². The maximum Gasteiger partial charge on any atom is 0.233 e. The molecule has 138 valence electrons. The first-order chi connectivity index (χ1) is 12.5. The van der Waals surface area contributed by atoms with Gasteiger partial charge in [0.25, 0.3) is 0 Å². The Hall–Kier alpha value is -2.01. The second-order valence-electron chi connectivity index (χ2n) is 7.42. The van der Waals surface area contributed by atoms with Crippen LogP contribution >= 0.6 is 0 Å². The average Bonchev–Trinajstić information content (AvgIpc) is 2.63. The number of sulfonamides is 1. The third-order valence-corrected chi connectivity index (χ3v) is 6.54. The summed E-state index contributed by atoms with van der Waals surface area (Å²) in [6, 6.07) is 12.2. The fourth-order valence-electron chi connectivity index (χ4n) is 3.95. The molecule has 1 heterocycles. The van der Waals surface area contributed by atoms with Crippen LogP contribution in [0.2, 0.25) is 0 Å². The lowest BCUT2D eigenvalue weighted by Crippen LogP contribution is -2.24. The van der Waals surface area contributed by atoms with Gasteiger partial charge in [-0.05, 0) is 68.4 Å². The van der Waals surface area contributed by atoms with Gasteiger partial charge in [-0.2, -0.15) is 0 Å². The summed E-state index contributed by atoms with van der Waals surface area (Å²) >= 11 is 0. The minimum absolute atomic E-state index is 0.150. The Morgan fingerprint density at radius 1 is 1.04 bits per heavy atom. The number of hydrogen-bond acceptors (Lipinski definition) is 3. The van der Waals surface area contributed by atoms with Crippen molar-refractivity contribution in [3.63, 3.8) is 0 Å². The largest absolute Gasteiger partial charge is 0.490 e. The molecule has 0 atom stereocenters.